The second-order valence-corrected chi connectivity index (χ2v) is 7.92. The molecule has 1 nitrogen and oxygen atoms in total. The zero-order valence-electron chi connectivity index (χ0n) is 12.9. The summed E-state index contributed by atoms with van der Waals surface area (Å²) < 4.78 is 1.43. The highest BCUT2D eigenvalue weighted by Crippen LogP contribution is 2.50. The average molecular weight is 297 g/mol. The predicted octanol–water partition coefficient (Wildman–Crippen LogP) is 5.04. The van der Waals surface area contributed by atoms with Crippen LogP contribution in [0.1, 0.15) is 31.2 Å². The summed E-state index contributed by atoms with van der Waals surface area (Å²) in [5, 5.41) is 3.71. The van der Waals surface area contributed by atoms with Crippen molar-refractivity contribution in [3.63, 3.8) is 0 Å². The van der Waals surface area contributed by atoms with E-state index in [2.05, 4.69) is 48.6 Å². The van der Waals surface area contributed by atoms with Crippen molar-refractivity contribution in [2.75, 3.05) is 20.6 Å². The largest absolute Gasteiger partial charge is 0.305 e. The van der Waals surface area contributed by atoms with Crippen molar-refractivity contribution < 1.29 is 0 Å². The lowest BCUT2D eigenvalue weighted by Gasteiger charge is -2.29. The second-order valence-electron chi connectivity index (χ2n) is 6.97. The molecule has 1 saturated carbocycles. The van der Waals surface area contributed by atoms with Crippen LogP contribution in [0, 0.1) is 11.8 Å². The van der Waals surface area contributed by atoms with Crippen molar-refractivity contribution in [1.82, 2.24) is 4.90 Å². The molecule has 0 radical (unpaired) electrons. The zero-order valence-corrected chi connectivity index (χ0v) is 13.7. The Hall–Kier alpha value is -1.12. The lowest BCUT2D eigenvalue weighted by atomic mass is 9.79. The first kappa shape index (κ1) is 13.5. The Morgan fingerprint density at radius 1 is 1.19 bits per heavy atom. The molecule has 2 heteroatoms. The highest BCUT2D eigenvalue weighted by Gasteiger charge is 2.35. The summed E-state index contributed by atoms with van der Waals surface area (Å²) in [7, 11) is 4.40. The number of rotatable bonds is 3. The molecule has 1 heterocycles. The Morgan fingerprint density at radius 3 is 2.95 bits per heavy atom. The summed E-state index contributed by atoms with van der Waals surface area (Å²) in [6.07, 6.45) is 5.58. The van der Waals surface area contributed by atoms with Gasteiger partial charge in [0.05, 0.1) is 0 Å². The van der Waals surface area contributed by atoms with Crippen molar-refractivity contribution in [2.45, 2.75) is 25.7 Å². The summed E-state index contributed by atoms with van der Waals surface area (Å²) in [5.41, 5.74) is 4.93. The van der Waals surface area contributed by atoms with E-state index in [0.29, 0.717) is 0 Å². The number of thiophene rings is 1. The molecule has 0 N–H and O–H groups in total. The third kappa shape index (κ3) is 2.35. The SMILES string of the molecule is CN(C)CC1=C(c2cccc3sccc23)[C@H]2CC[C@H](C1)C2. The molecule has 0 amide bonds. The lowest BCUT2D eigenvalue weighted by molar-refractivity contribution is 0.413. The molecule has 1 aromatic heterocycles. The minimum atomic E-state index is 0.809. The standard InChI is InChI=1S/C19H23NS/c1-20(2)12-15-11-13-6-7-14(10-13)19(15)17-4-3-5-18-16(17)8-9-21-18/h3-5,8-9,13-14H,6-7,10-12H2,1-2H3/t13-,14-/m0/s1. The summed E-state index contributed by atoms with van der Waals surface area (Å²) in [6, 6.07) is 9.18. The Labute approximate surface area is 131 Å². The molecule has 0 unspecified atom stereocenters. The van der Waals surface area contributed by atoms with Crippen LogP contribution in [-0.2, 0) is 0 Å². The van der Waals surface area contributed by atoms with Crippen molar-refractivity contribution in [3.05, 3.63) is 40.8 Å². The van der Waals surface area contributed by atoms with Gasteiger partial charge in [0.1, 0.15) is 0 Å². The van der Waals surface area contributed by atoms with Crippen LogP contribution in [0.3, 0.4) is 0 Å². The van der Waals surface area contributed by atoms with E-state index in [0.717, 1.165) is 18.4 Å². The van der Waals surface area contributed by atoms with Crippen molar-refractivity contribution in [2.24, 2.45) is 11.8 Å². The van der Waals surface area contributed by atoms with E-state index in [-0.39, 0.29) is 0 Å². The van der Waals surface area contributed by atoms with Crippen molar-refractivity contribution in [1.29, 1.82) is 0 Å². The highest BCUT2D eigenvalue weighted by atomic mass is 32.1. The van der Waals surface area contributed by atoms with Gasteiger partial charge in [0.2, 0.25) is 0 Å². The minimum absolute atomic E-state index is 0.809. The molecule has 2 aliphatic rings. The number of nitrogens with zero attached hydrogens (tertiary/aromatic N) is 1. The highest BCUT2D eigenvalue weighted by molar-refractivity contribution is 7.17. The number of hydrogen-bond acceptors (Lipinski definition) is 2. The Kier molecular flexibility index (Phi) is 3.39. The van der Waals surface area contributed by atoms with Gasteiger partial charge in [-0.15, -0.1) is 11.3 Å². The van der Waals surface area contributed by atoms with E-state index < -0.39 is 0 Å². The van der Waals surface area contributed by atoms with Gasteiger partial charge in [-0.25, -0.2) is 0 Å². The predicted molar refractivity (Wildman–Crippen MR) is 92.7 cm³/mol. The van der Waals surface area contributed by atoms with Crippen molar-refractivity contribution >= 4 is 27.0 Å². The molecule has 1 fully saturated rings. The third-order valence-electron chi connectivity index (χ3n) is 5.16. The first-order valence-electron chi connectivity index (χ1n) is 8.05. The minimum Gasteiger partial charge on any atom is -0.305 e. The molecular weight excluding hydrogens is 274 g/mol. The van der Waals surface area contributed by atoms with Gasteiger partial charge in [-0.05, 0) is 85.7 Å². The van der Waals surface area contributed by atoms with Crippen LogP contribution in [-0.4, -0.2) is 25.5 Å². The molecule has 2 aliphatic carbocycles. The van der Waals surface area contributed by atoms with E-state index in [1.807, 2.05) is 11.3 Å². The van der Waals surface area contributed by atoms with Crippen LogP contribution in [0.15, 0.2) is 35.2 Å². The van der Waals surface area contributed by atoms with Gasteiger partial charge in [-0.2, -0.15) is 0 Å². The smallest absolute Gasteiger partial charge is 0.0348 e. The molecule has 21 heavy (non-hydrogen) atoms. The van der Waals surface area contributed by atoms with E-state index >= 15 is 0 Å². The van der Waals surface area contributed by atoms with Gasteiger partial charge >= 0.3 is 0 Å². The van der Waals surface area contributed by atoms with Crippen LogP contribution < -0.4 is 0 Å². The molecular formula is C19H23NS. The maximum atomic E-state index is 2.36. The Balaban J connectivity index is 1.89. The lowest BCUT2D eigenvalue weighted by Crippen LogP contribution is -2.21. The number of hydrogen-bond donors (Lipinski definition) is 0. The maximum absolute atomic E-state index is 2.36. The summed E-state index contributed by atoms with van der Waals surface area (Å²) >= 11 is 1.87. The van der Waals surface area contributed by atoms with Gasteiger partial charge in [0, 0.05) is 11.2 Å². The van der Waals surface area contributed by atoms with Gasteiger partial charge < -0.3 is 4.90 Å². The van der Waals surface area contributed by atoms with Gasteiger partial charge in [-0.1, -0.05) is 17.7 Å². The topological polar surface area (TPSA) is 3.24 Å². The summed E-state index contributed by atoms with van der Waals surface area (Å²) in [6.45, 7) is 1.13. The fourth-order valence-corrected chi connectivity index (χ4v) is 5.25. The fraction of sp³-hybridized carbons (Fsp3) is 0.474. The molecule has 1 aromatic carbocycles. The molecule has 110 valence electrons. The van der Waals surface area contributed by atoms with Gasteiger partial charge in [-0.3, -0.25) is 0 Å². The number of likely N-dealkylation sites (N-methyl/N-ethyl adjacent to an activating group) is 1. The van der Waals surface area contributed by atoms with Crippen LogP contribution in [0.5, 0.6) is 0 Å². The zero-order chi connectivity index (χ0) is 14.4. The van der Waals surface area contributed by atoms with Gasteiger partial charge in [0.15, 0.2) is 0 Å². The molecule has 0 spiro atoms. The fourth-order valence-electron chi connectivity index (χ4n) is 4.44. The van der Waals surface area contributed by atoms with Crippen molar-refractivity contribution in [3.8, 4) is 0 Å². The van der Waals surface area contributed by atoms with Crippen LogP contribution >= 0.6 is 11.3 Å². The van der Waals surface area contributed by atoms with E-state index in [1.54, 1.807) is 11.1 Å². The number of allylic oxidation sites excluding steroid dienone is 1. The first-order valence-corrected chi connectivity index (χ1v) is 8.93. The number of benzene rings is 1. The molecule has 2 bridgehead atoms. The van der Waals surface area contributed by atoms with E-state index in [4.69, 9.17) is 0 Å². The summed E-state index contributed by atoms with van der Waals surface area (Å²) in [4.78, 5) is 2.34. The van der Waals surface area contributed by atoms with Crippen LogP contribution in [0.2, 0.25) is 0 Å². The van der Waals surface area contributed by atoms with Gasteiger partial charge in [0.25, 0.3) is 0 Å². The molecule has 2 aromatic rings. The van der Waals surface area contributed by atoms with E-state index in [9.17, 15) is 0 Å². The van der Waals surface area contributed by atoms with Crippen LogP contribution in [0.25, 0.3) is 15.7 Å². The number of fused-ring (bicyclic) bond motifs is 3. The third-order valence-corrected chi connectivity index (χ3v) is 6.04. The first-order chi connectivity index (χ1) is 10.2. The maximum Gasteiger partial charge on any atom is 0.0348 e. The molecule has 2 atom stereocenters. The monoisotopic (exact) mass is 297 g/mol. The quantitative estimate of drug-likeness (QED) is 0.767. The summed E-state index contributed by atoms with van der Waals surface area (Å²) in [5.74, 6) is 1.76. The molecule has 0 aliphatic heterocycles. The average Bonchev–Trinajstić information content (AvgIpc) is 3.05. The van der Waals surface area contributed by atoms with Crippen LogP contribution in [0.4, 0.5) is 0 Å². The molecule has 0 saturated heterocycles. The Morgan fingerprint density at radius 2 is 2.10 bits per heavy atom. The van der Waals surface area contributed by atoms with E-state index in [1.165, 1.54) is 41.3 Å². The second kappa shape index (κ2) is 5.26. The normalized spacial score (nSPS) is 25.3. The molecule has 4 rings (SSSR count). The Bertz CT molecular complexity index is 694.